The lowest BCUT2D eigenvalue weighted by Crippen LogP contribution is -1.62. The zero-order valence-corrected chi connectivity index (χ0v) is 6.08. The van der Waals surface area contributed by atoms with Crippen molar-refractivity contribution in [2.75, 3.05) is 0 Å². The third kappa shape index (κ3) is 5.94. The van der Waals surface area contributed by atoms with E-state index in [4.69, 9.17) is 5.21 Å². The highest BCUT2D eigenvalue weighted by Crippen LogP contribution is 1.99. The first kappa shape index (κ1) is 6.94. The molecule has 0 rings (SSSR count). The van der Waals surface area contributed by atoms with E-state index < -0.39 is 0 Å². The number of hydrogen-bond donors (Lipinski definition) is 1. The molecule has 0 aromatic rings. The van der Waals surface area contributed by atoms with E-state index in [0.29, 0.717) is 0 Å². The molecule has 0 aliphatic heterocycles. The molecule has 2 nitrogen and oxygen atoms in total. The first-order valence-electron chi connectivity index (χ1n) is 1.77. The highest BCUT2D eigenvalue weighted by Gasteiger charge is 1.69. The molecule has 0 radical (unpaired) electrons. The first-order chi connectivity index (χ1) is 3.27. The van der Waals surface area contributed by atoms with Crippen molar-refractivity contribution in [2.24, 2.45) is 5.16 Å². The Balaban J connectivity index is 3.46. The van der Waals surface area contributed by atoms with Crippen LogP contribution in [0.25, 0.3) is 0 Å². The van der Waals surface area contributed by atoms with E-state index in [2.05, 4.69) is 27.7 Å². The van der Waals surface area contributed by atoms with Crippen molar-refractivity contribution in [1.82, 2.24) is 0 Å². The van der Waals surface area contributed by atoms with Gasteiger partial charge in [-0.3, -0.25) is 0 Å². The molecular formula is C4H6INO. The number of nitrogens with zero attached hydrogens (tertiary/aromatic N) is 1. The van der Waals surface area contributed by atoms with Gasteiger partial charge in [0.1, 0.15) is 0 Å². The van der Waals surface area contributed by atoms with Crippen molar-refractivity contribution in [1.29, 1.82) is 0 Å². The van der Waals surface area contributed by atoms with Gasteiger partial charge in [0.2, 0.25) is 0 Å². The Kier molecular flexibility index (Phi) is 4.07. The molecule has 0 unspecified atom stereocenters. The second-order valence-corrected chi connectivity index (χ2v) is 2.72. The van der Waals surface area contributed by atoms with Crippen LogP contribution in [-0.2, 0) is 0 Å². The van der Waals surface area contributed by atoms with E-state index in [-0.39, 0.29) is 0 Å². The second-order valence-electron chi connectivity index (χ2n) is 1.02. The summed E-state index contributed by atoms with van der Waals surface area (Å²) in [6, 6.07) is 0. The maximum absolute atomic E-state index is 7.84. The maximum Gasteiger partial charge on any atom is 0.0668 e. The lowest BCUT2D eigenvalue weighted by Gasteiger charge is -1.74. The van der Waals surface area contributed by atoms with Crippen LogP contribution >= 0.6 is 22.6 Å². The van der Waals surface area contributed by atoms with E-state index in [9.17, 15) is 0 Å². The van der Waals surface area contributed by atoms with Crippen LogP contribution in [0.15, 0.2) is 14.8 Å². The van der Waals surface area contributed by atoms with Gasteiger partial charge >= 0.3 is 0 Å². The van der Waals surface area contributed by atoms with Gasteiger partial charge in [-0.05, 0) is 39.2 Å². The van der Waals surface area contributed by atoms with Crippen molar-refractivity contribution >= 4 is 28.8 Å². The molecule has 0 fully saturated rings. The Hall–Kier alpha value is -0.0600. The predicted octanol–water partition coefficient (Wildman–Crippen LogP) is 1.79. The third-order valence-electron chi connectivity index (χ3n) is 0.371. The second kappa shape index (κ2) is 4.11. The summed E-state index contributed by atoms with van der Waals surface area (Å²) in [6.07, 6.45) is 3.04. The van der Waals surface area contributed by atoms with Gasteiger partial charge in [-0.15, -0.1) is 0 Å². The summed E-state index contributed by atoms with van der Waals surface area (Å²) in [5.74, 6) is 0. The van der Waals surface area contributed by atoms with E-state index in [1.807, 2.05) is 6.92 Å². The molecular weight excluding hydrogens is 205 g/mol. The molecule has 0 aromatic heterocycles. The molecule has 3 heteroatoms. The average Bonchev–Trinajstić information content (AvgIpc) is 1.61. The average molecular weight is 211 g/mol. The SMILES string of the molecule is C/C(I)=C/C=NO. The smallest absolute Gasteiger partial charge is 0.0668 e. The predicted molar refractivity (Wildman–Crippen MR) is 38.1 cm³/mol. The summed E-state index contributed by atoms with van der Waals surface area (Å²) >= 11 is 2.12. The minimum atomic E-state index is 1.09. The van der Waals surface area contributed by atoms with Crippen molar-refractivity contribution in [3.8, 4) is 0 Å². The Morgan fingerprint density at radius 3 is 2.57 bits per heavy atom. The van der Waals surface area contributed by atoms with Gasteiger partial charge < -0.3 is 5.21 Å². The zero-order chi connectivity index (χ0) is 5.70. The molecule has 0 saturated carbocycles. The van der Waals surface area contributed by atoms with Crippen LogP contribution in [-0.4, -0.2) is 11.4 Å². The number of hydrogen-bond acceptors (Lipinski definition) is 2. The molecule has 40 valence electrons. The highest BCUT2D eigenvalue weighted by atomic mass is 127. The maximum atomic E-state index is 7.84. The van der Waals surface area contributed by atoms with E-state index in [0.717, 1.165) is 3.58 Å². The van der Waals surface area contributed by atoms with Crippen LogP contribution in [0, 0.1) is 0 Å². The molecule has 0 spiro atoms. The molecule has 0 aromatic carbocycles. The van der Waals surface area contributed by atoms with Gasteiger partial charge in [0, 0.05) is 0 Å². The van der Waals surface area contributed by atoms with Crippen molar-refractivity contribution in [2.45, 2.75) is 6.92 Å². The molecule has 0 amide bonds. The number of oxime groups is 1. The van der Waals surface area contributed by atoms with Crippen molar-refractivity contribution < 1.29 is 5.21 Å². The van der Waals surface area contributed by atoms with Crippen molar-refractivity contribution in [3.63, 3.8) is 0 Å². The minimum Gasteiger partial charge on any atom is -0.411 e. The van der Waals surface area contributed by atoms with E-state index in [1.165, 1.54) is 6.21 Å². The molecule has 0 heterocycles. The summed E-state index contributed by atoms with van der Waals surface area (Å²) < 4.78 is 1.09. The van der Waals surface area contributed by atoms with Gasteiger partial charge in [0.15, 0.2) is 0 Å². The van der Waals surface area contributed by atoms with Crippen LogP contribution in [0.5, 0.6) is 0 Å². The topological polar surface area (TPSA) is 32.6 Å². The summed E-state index contributed by atoms with van der Waals surface area (Å²) in [5.41, 5.74) is 0. The fourth-order valence-corrected chi connectivity index (χ4v) is 0.297. The largest absolute Gasteiger partial charge is 0.411 e. The molecule has 0 saturated heterocycles. The van der Waals surface area contributed by atoms with Crippen molar-refractivity contribution in [3.05, 3.63) is 9.66 Å². The monoisotopic (exact) mass is 211 g/mol. The van der Waals surface area contributed by atoms with Crippen LogP contribution < -0.4 is 0 Å². The summed E-state index contributed by atoms with van der Waals surface area (Å²) in [6.45, 7) is 1.92. The lowest BCUT2D eigenvalue weighted by molar-refractivity contribution is 0.322. The summed E-state index contributed by atoms with van der Waals surface area (Å²) in [4.78, 5) is 0. The molecule has 0 atom stereocenters. The lowest BCUT2D eigenvalue weighted by atomic mass is 10.6. The fourth-order valence-electron chi connectivity index (χ4n) is 0.136. The van der Waals surface area contributed by atoms with Gasteiger partial charge in [0.25, 0.3) is 0 Å². The van der Waals surface area contributed by atoms with Gasteiger partial charge in [-0.2, -0.15) is 0 Å². The van der Waals surface area contributed by atoms with E-state index in [1.54, 1.807) is 6.08 Å². The number of halogens is 1. The summed E-state index contributed by atoms with van der Waals surface area (Å²) in [5, 5.41) is 10.6. The first-order valence-corrected chi connectivity index (χ1v) is 2.85. The summed E-state index contributed by atoms with van der Waals surface area (Å²) in [7, 11) is 0. The van der Waals surface area contributed by atoms with Crippen LogP contribution in [0.1, 0.15) is 6.92 Å². The Bertz CT molecular complexity index is 93.9. The standard InChI is InChI=1S/C4H6INO/c1-4(5)2-3-6-7/h2-3,7H,1H3/b4-2-,6-3?. The molecule has 0 bridgehead atoms. The molecule has 0 aliphatic rings. The zero-order valence-electron chi connectivity index (χ0n) is 3.93. The van der Waals surface area contributed by atoms with Crippen LogP contribution in [0.3, 0.4) is 0 Å². The molecule has 7 heavy (non-hydrogen) atoms. The minimum absolute atomic E-state index is 1.09. The Morgan fingerprint density at radius 2 is 2.43 bits per heavy atom. The van der Waals surface area contributed by atoms with Crippen LogP contribution in [0.2, 0.25) is 0 Å². The molecule has 1 N–H and O–H groups in total. The number of rotatable bonds is 1. The Morgan fingerprint density at radius 1 is 1.86 bits per heavy atom. The number of allylic oxidation sites excluding steroid dienone is 2. The molecule has 0 aliphatic carbocycles. The highest BCUT2D eigenvalue weighted by molar-refractivity contribution is 14.1. The quantitative estimate of drug-likeness (QED) is 0.305. The Labute approximate surface area is 56.0 Å². The van der Waals surface area contributed by atoms with E-state index >= 15 is 0 Å². The normalized spacial score (nSPS) is 13.1. The van der Waals surface area contributed by atoms with Crippen LogP contribution in [0.4, 0.5) is 0 Å². The third-order valence-corrected chi connectivity index (χ3v) is 0.730. The fraction of sp³-hybridized carbons (Fsp3) is 0.250. The van der Waals surface area contributed by atoms with Gasteiger partial charge in [-0.25, -0.2) is 0 Å². The van der Waals surface area contributed by atoms with Gasteiger partial charge in [-0.1, -0.05) is 5.16 Å². The van der Waals surface area contributed by atoms with Gasteiger partial charge in [0.05, 0.1) is 6.21 Å².